The number of benzene rings is 1. The first-order valence-corrected chi connectivity index (χ1v) is 8.53. The third-order valence-electron chi connectivity index (χ3n) is 4.37. The standard InChI is InChI=1S/C17H22BF3O3S/c1-15(2)16(3,4)24-18(23-15)13(10-25)9-12-5-7-14(8-6-12)22-11-17(19,20)21/h5-9,25H,10-11H2,1-4H3. The van der Waals surface area contributed by atoms with E-state index in [0.717, 1.165) is 11.0 Å². The second-order valence-electron chi connectivity index (χ2n) is 6.94. The molecule has 138 valence electrons. The summed E-state index contributed by atoms with van der Waals surface area (Å²) < 4.78 is 53.2. The maximum absolute atomic E-state index is 12.2. The molecule has 0 bridgehead atoms. The molecule has 1 aromatic rings. The predicted molar refractivity (Wildman–Crippen MR) is 95.9 cm³/mol. The molecule has 0 radical (unpaired) electrons. The van der Waals surface area contributed by atoms with Gasteiger partial charge in [-0.1, -0.05) is 18.2 Å². The molecule has 0 unspecified atom stereocenters. The van der Waals surface area contributed by atoms with Crippen LogP contribution in [0, 0.1) is 0 Å². The third-order valence-corrected chi connectivity index (χ3v) is 4.74. The zero-order valence-electron chi connectivity index (χ0n) is 14.7. The molecule has 0 N–H and O–H groups in total. The number of thiol groups is 1. The van der Waals surface area contributed by atoms with Gasteiger partial charge in [0.05, 0.1) is 11.2 Å². The summed E-state index contributed by atoms with van der Waals surface area (Å²) in [7, 11) is -0.511. The van der Waals surface area contributed by atoms with Gasteiger partial charge in [-0.3, -0.25) is 0 Å². The van der Waals surface area contributed by atoms with Crippen molar-refractivity contribution < 1.29 is 27.2 Å². The van der Waals surface area contributed by atoms with Gasteiger partial charge in [0.2, 0.25) is 0 Å². The lowest BCUT2D eigenvalue weighted by Crippen LogP contribution is -2.41. The molecule has 25 heavy (non-hydrogen) atoms. The van der Waals surface area contributed by atoms with E-state index >= 15 is 0 Å². The minimum absolute atomic E-state index is 0.164. The Morgan fingerprint density at radius 1 is 1.12 bits per heavy atom. The smallest absolute Gasteiger partial charge is 0.484 e. The highest BCUT2D eigenvalue weighted by atomic mass is 32.1. The normalized spacial score (nSPS) is 20.0. The molecule has 3 nitrogen and oxygen atoms in total. The second kappa shape index (κ2) is 7.25. The van der Waals surface area contributed by atoms with Crippen molar-refractivity contribution in [3.05, 3.63) is 35.3 Å². The zero-order chi connectivity index (χ0) is 18.9. The van der Waals surface area contributed by atoms with Crippen LogP contribution in [-0.4, -0.2) is 36.9 Å². The van der Waals surface area contributed by atoms with Crippen molar-refractivity contribution in [3.63, 3.8) is 0 Å². The molecule has 0 aliphatic carbocycles. The number of alkyl halides is 3. The maximum Gasteiger partial charge on any atom is 0.491 e. The van der Waals surface area contributed by atoms with Gasteiger partial charge in [0.1, 0.15) is 5.75 Å². The minimum atomic E-state index is -4.35. The molecular weight excluding hydrogens is 352 g/mol. The lowest BCUT2D eigenvalue weighted by atomic mass is 9.78. The van der Waals surface area contributed by atoms with Crippen LogP contribution in [0.1, 0.15) is 33.3 Å². The summed E-state index contributed by atoms with van der Waals surface area (Å²) in [6.45, 7) is 6.57. The topological polar surface area (TPSA) is 27.7 Å². The van der Waals surface area contributed by atoms with E-state index in [-0.39, 0.29) is 5.75 Å². The SMILES string of the molecule is CC1(C)OB(C(=Cc2ccc(OCC(F)(F)F)cc2)CS)OC1(C)C. The van der Waals surface area contributed by atoms with Gasteiger partial charge in [0, 0.05) is 5.75 Å². The lowest BCUT2D eigenvalue weighted by molar-refractivity contribution is -0.153. The van der Waals surface area contributed by atoms with Gasteiger partial charge in [-0.25, -0.2) is 0 Å². The van der Waals surface area contributed by atoms with E-state index in [1.165, 1.54) is 12.1 Å². The Morgan fingerprint density at radius 2 is 1.64 bits per heavy atom. The Labute approximate surface area is 152 Å². The van der Waals surface area contributed by atoms with E-state index in [2.05, 4.69) is 12.6 Å². The van der Waals surface area contributed by atoms with Gasteiger partial charge in [0.25, 0.3) is 0 Å². The molecule has 0 aromatic heterocycles. The van der Waals surface area contributed by atoms with Gasteiger partial charge in [-0.05, 0) is 50.9 Å². The molecule has 1 aliphatic rings. The van der Waals surface area contributed by atoms with Crippen LogP contribution in [-0.2, 0) is 9.31 Å². The van der Waals surface area contributed by atoms with Crippen LogP contribution < -0.4 is 4.74 Å². The summed E-state index contributed by atoms with van der Waals surface area (Å²) in [5.41, 5.74) is 0.744. The lowest BCUT2D eigenvalue weighted by Gasteiger charge is -2.32. The highest BCUT2D eigenvalue weighted by Gasteiger charge is 2.52. The first kappa shape index (κ1) is 20.2. The fraction of sp³-hybridized carbons (Fsp3) is 0.529. The summed E-state index contributed by atoms with van der Waals surface area (Å²) in [6, 6.07) is 6.36. The van der Waals surface area contributed by atoms with E-state index in [1.54, 1.807) is 12.1 Å². The third kappa shape index (κ3) is 5.18. The Bertz CT molecular complexity index is 611. The maximum atomic E-state index is 12.2. The first-order valence-electron chi connectivity index (χ1n) is 7.90. The first-order chi connectivity index (χ1) is 11.4. The van der Waals surface area contributed by atoms with Crippen molar-refractivity contribution in [1.29, 1.82) is 0 Å². The van der Waals surface area contributed by atoms with Crippen LogP contribution in [0.25, 0.3) is 6.08 Å². The van der Waals surface area contributed by atoms with Gasteiger partial charge < -0.3 is 14.0 Å². The van der Waals surface area contributed by atoms with Gasteiger partial charge >= 0.3 is 13.3 Å². The Kier molecular flexibility index (Phi) is 5.86. The van der Waals surface area contributed by atoms with Crippen LogP contribution >= 0.6 is 12.6 Å². The van der Waals surface area contributed by atoms with Crippen molar-refractivity contribution in [2.75, 3.05) is 12.4 Å². The summed E-state index contributed by atoms with van der Waals surface area (Å²) in [6.07, 6.45) is -2.49. The van der Waals surface area contributed by atoms with Crippen molar-refractivity contribution in [3.8, 4) is 5.75 Å². The molecule has 0 amide bonds. The predicted octanol–water partition coefficient (Wildman–Crippen LogP) is 4.57. The van der Waals surface area contributed by atoms with Crippen LogP contribution in [0.3, 0.4) is 0 Å². The number of rotatable bonds is 5. The quantitative estimate of drug-likeness (QED) is 0.604. The largest absolute Gasteiger partial charge is 0.491 e. The fourth-order valence-corrected chi connectivity index (χ4v) is 2.46. The highest BCUT2D eigenvalue weighted by Crippen LogP contribution is 2.39. The molecule has 1 fully saturated rings. The fourth-order valence-electron chi connectivity index (χ4n) is 2.22. The average Bonchev–Trinajstić information content (AvgIpc) is 2.71. The van der Waals surface area contributed by atoms with E-state index in [1.807, 2.05) is 33.8 Å². The molecule has 2 rings (SSSR count). The second-order valence-corrected chi connectivity index (χ2v) is 7.25. The summed E-state index contributed by atoms with van der Waals surface area (Å²) in [5.74, 6) is 0.598. The number of hydrogen-bond donors (Lipinski definition) is 1. The van der Waals surface area contributed by atoms with Crippen molar-refractivity contribution in [2.24, 2.45) is 0 Å². The van der Waals surface area contributed by atoms with Gasteiger partial charge in [-0.2, -0.15) is 25.8 Å². The van der Waals surface area contributed by atoms with Crippen molar-refractivity contribution in [1.82, 2.24) is 0 Å². The number of halogens is 3. The molecular formula is C17H22BF3O3S. The van der Waals surface area contributed by atoms with Crippen LogP contribution in [0.15, 0.2) is 29.7 Å². The van der Waals surface area contributed by atoms with E-state index in [9.17, 15) is 13.2 Å². The van der Waals surface area contributed by atoms with Gasteiger partial charge in [-0.15, -0.1) is 0 Å². The van der Waals surface area contributed by atoms with Crippen LogP contribution in [0.5, 0.6) is 5.75 Å². The molecule has 1 aliphatic heterocycles. The summed E-state index contributed by atoms with van der Waals surface area (Å²) in [5, 5.41) is 0. The Balaban J connectivity index is 2.10. The Hall–Kier alpha value is -1.12. The molecule has 1 aromatic carbocycles. The van der Waals surface area contributed by atoms with E-state index < -0.39 is 31.1 Å². The molecule has 1 saturated heterocycles. The monoisotopic (exact) mass is 374 g/mol. The minimum Gasteiger partial charge on any atom is -0.484 e. The average molecular weight is 374 g/mol. The van der Waals surface area contributed by atoms with E-state index in [0.29, 0.717) is 5.75 Å². The number of ether oxygens (including phenoxy) is 1. The van der Waals surface area contributed by atoms with E-state index in [4.69, 9.17) is 14.0 Å². The molecule has 0 spiro atoms. The molecule has 8 heteroatoms. The molecule has 0 atom stereocenters. The summed E-state index contributed by atoms with van der Waals surface area (Å²) >= 11 is 4.34. The molecule has 0 saturated carbocycles. The van der Waals surface area contributed by atoms with Crippen molar-refractivity contribution in [2.45, 2.75) is 45.1 Å². The number of hydrogen-bond acceptors (Lipinski definition) is 4. The highest BCUT2D eigenvalue weighted by molar-refractivity contribution is 7.80. The molecule has 1 heterocycles. The van der Waals surface area contributed by atoms with Gasteiger partial charge in [0.15, 0.2) is 6.61 Å². The zero-order valence-corrected chi connectivity index (χ0v) is 15.6. The summed E-state index contributed by atoms with van der Waals surface area (Å²) in [4.78, 5) is 0. The van der Waals surface area contributed by atoms with Crippen LogP contribution in [0.4, 0.5) is 13.2 Å². The van der Waals surface area contributed by atoms with Crippen LogP contribution in [0.2, 0.25) is 0 Å². The van der Waals surface area contributed by atoms with Crippen molar-refractivity contribution >= 4 is 25.8 Å². The Morgan fingerprint density at radius 3 is 2.08 bits per heavy atom.